The molecule has 0 bridgehead atoms. The second-order valence-corrected chi connectivity index (χ2v) is 4.42. The third-order valence-electron chi connectivity index (χ3n) is 3.16. The first kappa shape index (κ1) is 8.78. The summed E-state index contributed by atoms with van der Waals surface area (Å²) in [5.41, 5.74) is 3.70. The zero-order valence-corrected chi connectivity index (χ0v) is 9.08. The zero-order valence-electron chi connectivity index (χ0n) is 9.08. The lowest BCUT2D eigenvalue weighted by Crippen LogP contribution is -1.96. The molecular formula is C14H14O. The zero-order chi connectivity index (χ0) is 10.4. The average molecular weight is 198 g/mol. The number of allylic oxidation sites excluding steroid dienone is 1. The highest BCUT2D eigenvalue weighted by molar-refractivity contribution is 5.86. The molecule has 15 heavy (non-hydrogen) atoms. The Kier molecular flexibility index (Phi) is 1.75. The quantitative estimate of drug-likeness (QED) is 0.616. The van der Waals surface area contributed by atoms with Crippen molar-refractivity contribution >= 4 is 17.0 Å². The van der Waals surface area contributed by atoms with Gasteiger partial charge in [0.15, 0.2) is 0 Å². The molecule has 0 amide bonds. The number of aryl methyl sites for hydroxylation is 1. The summed E-state index contributed by atoms with van der Waals surface area (Å²) >= 11 is 0. The lowest BCUT2D eigenvalue weighted by Gasteiger charge is -2.12. The number of fused-ring (bicyclic) bond motifs is 3. The van der Waals surface area contributed by atoms with Gasteiger partial charge in [0.2, 0.25) is 0 Å². The molecule has 0 spiro atoms. The Balaban J connectivity index is 2.39. The summed E-state index contributed by atoms with van der Waals surface area (Å²) in [7, 11) is 0. The van der Waals surface area contributed by atoms with Gasteiger partial charge >= 0.3 is 0 Å². The topological polar surface area (TPSA) is 13.1 Å². The Hall–Kier alpha value is -1.50. The summed E-state index contributed by atoms with van der Waals surface area (Å²) < 4.78 is 5.83. The van der Waals surface area contributed by atoms with E-state index in [4.69, 9.17) is 4.42 Å². The standard InChI is InChI=1S/C14H14O/c1-9-6-7-12-11(8-9)14-10(2)4-3-5-13(14)15-12/h3,5-8,10H,4H2,1-2H3/t10-/m1/s1. The van der Waals surface area contributed by atoms with Crippen molar-refractivity contribution in [2.45, 2.75) is 26.2 Å². The lowest BCUT2D eigenvalue weighted by atomic mass is 9.90. The van der Waals surface area contributed by atoms with Gasteiger partial charge in [0.05, 0.1) is 0 Å². The molecule has 0 N–H and O–H groups in total. The van der Waals surface area contributed by atoms with E-state index >= 15 is 0 Å². The van der Waals surface area contributed by atoms with Crippen LogP contribution in [0.1, 0.15) is 36.1 Å². The molecule has 1 atom stereocenters. The van der Waals surface area contributed by atoms with Crippen LogP contribution >= 0.6 is 0 Å². The van der Waals surface area contributed by atoms with Crippen LogP contribution < -0.4 is 0 Å². The Morgan fingerprint density at radius 1 is 1.33 bits per heavy atom. The van der Waals surface area contributed by atoms with Crippen LogP contribution in [-0.4, -0.2) is 0 Å². The molecule has 1 aromatic carbocycles. The number of benzene rings is 1. The van der Waals surface area contributed by atoms with Crippen LogP contribution in [0.3, 0.4) is 0 Å². The van der Waals surface area contributed by atoms with E-state index in [0.717, 1.165) is 17.8 Å². The van der Waals surface area contributed by atoms with Crippen molar-refractivity contribution in [3.63, 3.8) is 0 Å². The molecule has 1 heteroatoms. The van der Waals surface area contributed by atoms with Crippen molar-refractivity contribution in [3.05, 3.63) is 41.2 Å². The smallest absolute Gasteiger partial charge is 0.135 e. The van der Waals surface area contributed by atoms with Gasteiger partial charge in [-0.25, -0.2) is 0 Å². The van der Waals surface area contributed by atoms with E-state index in [0.29, 0.717) is 5.92 Å². The Morgan fingerprint density at radius 3 is 3.07 bits per heavy atom. The van der Waals surface area contributed by atoms with Gasteiger partial charge in [-0.3, -0.25) is 0 Å². The van der Waals surface area contributed by atoms with Crippen molar-refractivity contribution in [1.29, 1.82) is 0 Å². The highest BCUT2D eigenvalue weighted by Gasteiger charge is 2.19. The van der Waals surface area contributed by atoms with Gasteiger partial charge in [0, 0.05) is 10.9 Å². The van der Waals surface area contributed by atoms with Crippen molar-refractivity contribution in [2.75, 3.05) is 0 Å². The van der Waals surface area contributed by atoms with Crippen molar-refractivity contribution in [3.8, 4) is 0 Å². The molecule has 1 aromatic heterocycles. The van der Waals surface area contributed by atoms with Crippen LogP contribution in [0, 0.1) is 6.92 Å². The molecule has 0 radical (unpaired) electrons. The molecule has 1 nitrogen and oxygen atoms in total. The predicted molar refractivity (Wildman–Crippen MR) is 63.0 cm³/mol. The highest BCUT2D eigenvalue weighted by Crippen LogP contribution is 2.37. The molecule has 0 unspecified atom stereocenters. The maximum Gasteiger partial charge on any atom is 0.135 e. The van der Waals surface area contributed by atoms with Gasteiger partial charge in [0.1, 0.15) is 11.3 Å². The van der Waals surface area contributed by atoms with Crippen LogP contribution in [0.15, 0.2) is 28.7 Å². The lowest BCUT2D eigenvalue weighted by molar-refractivity contribution is 0.586. The minimum Gasteiger partial charge on any atom is -0.456 e. The maximum atomic E-state index is 5.83. The van der Waals surface area contributed by atoms with E-state index in [-0.39, 0.29) is 0 Å². The van der Waals surface area contributed by atoms with Crippen molar-refractivity contribution in [2.24, 2.45) is 0 Å². The number of hydrogen-bond donors (Lipinski definition) is 0. The molecule has 0 saturated carbocycles. The van der Waals surface area contributed by atoms with Crippen LogP contribution in [-0.2, 0) is 0 Å². The van der Waals surface area contributed by atoms with E-state index in [2.05, 4.69) is 44.2 Å². The summed E-state index contributed by atoms with van der Waals surface area (Å²) in [6.45, 7) is 4.39. The third kappa shape index (κ3) is 1.23. The van der Waals surface area contributed by atoms with Gasteiger partial charge in [-0.05, 0) is 37.5 Å². The SMILES string of the molecule is Cc1ccc2oc3c(c2c1)[C@H](C)CC=C3. The largest absolute Gasteiger partial charge is 0.456 e. The molecular weight excluding hydrogens is 184 g/mol. The Labute approximate surface area is 89.4 Å². The molecule has 1 aliphatic carbocycles. The van der Waals surface area contributed by atoms with Crippen LogP contribution in [0.2, 0.25) is 0 Å². The van der Waals surface area contributed by atoms with Crippen LogP contribution in [0.5, 0.6) is 0 Å². The summed E-state index contributed by atoms with van der Waals surface area (Å²) in [5.74, 6) is 1.63. The summed E-state index contributed by atoms with van der Waals surface area (Å²) in [4.78, 5) is 0. The maximum absolute atomic E-state index is 5.83. The molecule has 0 aliphatic heterocycles. The molecule has 2 aromatic rings. The van der Waals surface area contributed by atoms with Gasteiger partial charge < -0.3 is 4.42 Å². The van der Waals surface area contributed by atoms with E-state index < -0.39 is 0 Å². The number of rotatable bonds is 0. The summed E-state index contributed by atoms with van der Waals surface area (Å²) in [5, 5.41) is 1.29. The first-order valence-corrected chi connectivity index (χ1v) is 5.45. The number of hydrogen-bond acceptors (Lipinski definition) is 1. The number of furan rings is 1. The summed E-state index contributed by atoms with van der Waals surface area (Å²) in [6, 6.07) is 6.41. The minimum absolute atomic E-state index is 0.577. The Morgan fingerprint density at radius 2 is 2.20 bits per heavy atom. The first-order chi connectivity index (χ1) is 7.25. The van der Waals surface area contributed by atoms with E-state index in [9.17, 15) is 0 Å². The molecule has 1 aliphatic rings. The van der Waals surface area contributed by atoms with Crippen LogP contribution in [0.4, 0.5) is 0 Å². The van der Waals surface area contributed by atoms with Gasteiger partial charge in [-0.1, -0.05) is 24.6 Å². The second-order valence-electron chi connectivity index (χ2n) is 4.42. The predicted octanol–water partition coefficient (Wildman–Crippen LogP) is 4.26. The van der Waals surface area contributed by atoms with Crippen molar-refractivity contribution in [1.82, 2.24) is 0 Å². The second kappa shape index (κ2) is 2.99. The summed E-state index contributed by atoms with van der Waals surface area (Å²) in [6.07, 6.45) is 5.42. The van der Waals surface area contributed by atoms with E-state index in [1.807, 2.05) is 0 Å². The van der Waals surface area contributed by atoms with Crippen LogP contribution in [0.25, 0.3) is 17.0 Å². The Bertz CT molecular complexity index is 546. The molecule has 0 fully saturated rings. The van der Waals surface area contributed by atoms with E-state index in [1.54, 1.807) is 0 Å². The fourth-order valence-corrected chi connectivity index (χ4v) is 2.38. The van der Waals surface area contributed by atoms with E-state index in [1.165, 1.54) is 16.5 Å². The molecule has 76 valence electrons. The fraction of sp³-hybridized carbons (Fsp3) is 0.286. The van der Waals surface area contributed by atoms with Gasteiger partial charge in [-0.2, -0.15) is 0 Å². The average Bonchev–Trinajstić information content (AvgIpc) is 2.57. The molecule has 1 heterocycles. The molecule has 0 saturated heterocycles. The first-order valence-electron chi connectivity index (χ1n) is 5.45. The monoisotopic (exact) mass is 198 g/mol. The minimum atomic E-state index is 0.577. The molecule has 3 rings (SSSR count). The highest BCUT2D eigenvalue weighted by atomic mass is 16.3. The van der Waals surface area contributed by atoms with Crippen molar-refractivity contribution < 1.29 is 4.42 Å². The third-order valence-corrected chi connectivity index (χ3v) is 3.16. The normalized spacial score (nSPS) is 19.5. The van der Waals surface area contributed by atoms with Gasteiger partial charge in [-0.15, -0.1) is 0 Å². The fourth-order valence-electron chi connectivity index (χ4n) is 2.38. The van der Waals surface area contributed by atoms with Gasteiger partial charge in [0.25, 0.3) is 0 Å².